The topological polar surface area (TPSA) is 31.5 Å². The Kier molecular flexibility index (Phi) is 6.96. The Bertz CT molecular complexity index is 1220. The molecule has 5 rings (SSSR count). The smallest absolute Gasteiger partial charge is 0.135 e. The second kappa shape index (κ2) is 10.0. The third kappa shape index (κ3) is 4.70. The Morgan fingerprint density at radius 1 is 1.11 bits per heavy atom. The summed E-state index contributed by atoms with van der Waals surface area (Å²) < 4.78 is 77.5. The average molecular weight is 508 g/mol. The molecule has 1 fully saturated rings. The maximum absolute atomic E-state index is 15.6. The second-order valence-corrected chi connectivity index (χ2v) is 9.98. The Morgan fingerprint density at radius 3 is 2.50 bits per heavy atom. The third-order valence-corrected chi connectivity index (χ3v) is 7.19. The highest BCUT2D eigenvalue weighted by Gasteiger charge is 2.39. The molecule has 1 unspecified atom stereocenters. The van der Waals surface area contributed by atoms with Crippen LogP contribution in [-0.4, -0.2) is 66.0 Å². The molecule has 1 aromatic heterocycles. The zero-order valence-electron chi connectivity index (χ0n) is 20.3. The Balaban J connectivity index is 1.50. The van der Waals surface area contributed by atoms with E-state index in [-0.39, 0.29) is 36.7 Å². The number of H-pyrrole nitrogens is 1. The Labute approximate surface area is 207 Å². The van der Waals surface area contributed by atoms with Crippen molar-refractivity contribution in [2.45, 2.75) is 51.0 Å². The molecule has 0 radical (unpaired) electrons. The predicted molar refractivity (Wildman–Crippen MR) is 128 cm³/mol. The van der Waals surface area contributed by atoms with Crippen molar-refractivity contribution in [1.82, 2.24) is 14.8 Å². The van der Waals surface area contributed by atoms with Crippen molar-refractivity contribution in [3.8, 4) is 5.75 Å². The molecule has 1 saturated heterocycles. The molecule has 3 aromatic rings. The van der Waals surface area contributed by atoms with Gasteiger partial charge < -0.3 is 9.72 Å². The Hall–Kier alpha value is -2.65. The minimum absolute atomic E-state index is 0.0110. The first kappa shape index (κ1) is 25.0. The van der Waals surface area contributed by atoms with E-state index in [1.54, 1.807) is 11.0 Å². The van der Waals surface area contributed by atoms with Gasteiger partial charge in [0.25, 0.3) is 0 Å². The summed E-state index contributed by atoms with van der Waals surface area (Å²) in [6, 6.07) is 5.54. The quantitative estimate of drug-likeness (QED) is 0.397. The zero-order chi connectivity index (χ0) is 25.6. The van der Waals surface area contributed by atoms with Crippen molar-refractivity contribution in [1.29, 1.82) is 0 Å². The molecule has 1 N–H and O–H groups in total. The van der Waals surface area contributed by atoms with Crippen LogP contribution in [-0.2, 0) is 6.42 Å². The molecule has 2 aliphatic rings. The van der Waals surface area contributed by atoms with Gasteiger partial charge in [0.1, 0.15) is 35.5 Å². The summed E-state index contributed by atoms with van der Waals surface area (Å²) in [4.78, 5) is 7.01. The summed E-state index contributed by atoms with van der Waals surface area (Å²) in [7, 11) is 0. The van der Waals surface area contributed by atoms with Gasteiger partial charge in [0.2, 0.25) is 0 Å². The van der Waals surface area contributed by atoms with E-state index in [0.29, 0.717) is 49.1 Å². The molecular weight excluding hydrogens is 477 g/mol. The molecule has 36 heavy (non-hydrogen) atoms. The first-order valence-electron chi connectivity index (χ1n) is 12.4. The molecule has 3 heterocycles. The lowest BCUT2D eigenvalue weighted by Crippen LogP contribution is -2.53. The van der Waals surface area contributed by atoms with Gasteiger partial charge in [-0.15, -0.1) is 0 Å². The van der Waals surface area contributed by atoms with Crippen LogP contribution >= 0.6 is 0 Å². The maximum Gasteiger partial charge on any atom is 0.135 e. The fourth-order valence-electron chi connectivity index (χ4n) is 5.56. The molecule has 9 heteroatoms. The molecule has 3 atom stereocenters. The van der Waals surface area contributed by atoms with Crippen molar-refractivity contribution in [3.63, 3.8) is 0 Å². The number of aromatic nitrogens is 1. The third-order valence-electron chi connectivity index (χ3n) is 7.19. The first-order valence-corrected chi connectivity index (χ1v) is 12.4. The number of ether oxygens (including phenoxy) is 1. The zero-order valence-corrected chi connectivity index (χ0v) is 20.3. The number of halogens is 5. The van der Waals surface area contributed by atoms with Crippen LogP contribution < -0.4 is 4.74 Å². The van der Waals surface area contributed by atoms with E-state index < -0.39 is 29.7 Å². The van der Waals surface area contributed by atoms with E-state index in [0.717, 1.165) is 5.56 Å². The lowest BCUT2D eigenvalue weighted by atomic mass is 9.88. The van der Waals surface area contributed by atoms with Crippen LogP contribution in [0.25, 0.3) is 10.9 Å². The van der Waals surface area contributed by atoms with Gasteiger partial charge in [-0.05, 0) is 50.5 Å². The average Bonchev–Trinajstić information content (AvgIpc) is 3.13. The highest BCUT2D eigenvalue weighted by Crippen LogP contribution is 2.43. The van der Waals surface area contributed by atoms with Gasteiger partial charge in [-0.2, -0.15) is 0 Å². The van der Waals surface area contributed by atoms with E-state index >= 15 is 8.78 Å². The lowest BCUT2D eigenvalue weighted by Gasteiger charge is -2.41. The molecule has 0 spiro atoms. The van der Waals surface area contributed by atoms with Crippen LogP contribution in [0, 0.1) is 17.5 Å². The lowest BCUT2D eigenvalue weighted by molar-refractivity contribution is 0.0180. The van der Waals surface area contributed by atoms with Crippen molar-refractivity contribution < 1.29 is 26.7 Å². The molecule has 0 aliphatic carbocycles. The van der Waals surface area contributed by atoms with Crippen LogP contribution in [0.4, 0.5) is 22.0 Å². The van der Waals surface area contributed by atoms with E-state index in [9.17, 15) is 13.2 Å². The monoisotopic (exact) mass is 507 g/mol. The normalized spacial score (nSPS) is 22.0. The summed E-state index contributed by atoms with van der Waals surface area (Å²) in [6.07, 6.45) is -0.498. The molecule has 2 aliphatic heterocycles. The van der Waals surface area contributed by atoms with Crippen LogP contribution in [0.1, 0.15) is 43.1 Å². The van der Waals surface area contributed by atoms with Crippen LogP contribution in [0.15, 0.2) is 30.3 Å². The van der Waals surface area contributed by atoms with Crippen molar-refractivity contribution in [3.05, 3.63) is 64.6 Å². The first-order chi connectivity index (χ1) is 17.2. The highest BCUT2D eigenvalue weighted by atomic mass is 19.1. The molecule has 0 bridgehead atoms. The van der Waals surface area contributed by atoms with E-state index in [4.69, 9.17) is 4.74 Å². The number of nitrogens with zero attached hydrogens (tertiary/aromatic N) is 2. The SMILES string of the molecule is CC(F)CN1[C@H](c2c(F)cc(OC3CN(CCCF)C3)cc2F)c2[nH]c3ccc(F)cc3c2C[C@H]1C. The molecular formula is C27H30F5N3O. The van der Waals surface area contributed by atoms with Crippen molar-refractivity contribution in [2.75, 3.05) is 32.9 Å². The number of benzene rings is 2. The number of rotatable bonds is 8. The second-order valence-electron chi connectivity index (χ2n) is 9.98. The van der Waals surface area contributed by atoms with Crippen LogP contribution in [0.2, 0.25) is 0 Å². The molecule has 194 valence electrons. The molecule has 4 nitrogen and oxygen atoms in total. The van der Waals surface area contributed by atoms with Gasteiger partial charge in [-0.3, -0.25) is 14.2 Å². The van der Waals surface area contributed by atoms with Crippen molar-refractivity contribution in [2.24, 2.45) is 0 Å². The van der Waals surface area contributed by atoms with Gasteiger partial charge >= 0.3 is 0 Å². The summed E-state index contributed by atoms with van der Waals surface area (Å²) in [5.41, 5.74) is 1.80. The predicted octanol–water partition coefficient (Wildman–Crippen LogP) is 5.70. The minimum Gasteiger partial charge on any atom is -0.488 e. The molecule has 2 aromatic carbocycles. The van der Waals surface area contributed by atoms with E-state index in [2.05, 4.69) is 4.98 Å². The standard InChI is InChI=1S/C27H30F5N3O/c1-15(29)12-35-16(2)8-21-20-9-17(30)4-5-24(20)33-26(21)27(35)25-22(31)10-18(11-23(25)32)36-19-13-34(14-19)7-3-6-28/h4-5,9-11,15-16,19,27,33H,3,6-8,12-14H2,1-2H3/t15?,16-,27-/m1/s1. The molecule has 0 saturated carbocycles. The number of nitrogens with one attached hydrogen (secondary N) is 1. The highest BCUT2D eigenvalue weighted by molar-refractivity contribution is 5.85. The van der Waals surface area contributed by atoms with Crippen LogP contribution in [0.3, 0.4) is 0 Å². The van der Waals surface area contributed by atoms with Crippen molar-refractivity contribution >= 4 is 10.9 Å². The van der Waals surface area contributed by atoms with Gasteiger partial charge in [-0.1, -0.05) is 0 Å². The summed E-state index contributed by atoms with van der Waals surface area (Å²) >= 11 is 0. The number of hydrogen-bond acceptors (Lipinski definition) is 3. The largest absolute Gasteiger partial charge is 0.488 e. The fraction of sp³-hybridized carbons (Fsp3) is 0.481. The van der Waals surface area contributed by atoms with Gasteiger partial charge in [0.05, 0.1) is 12.7 Å². The van der Waals surface area contributed by atoms with Gasteiger partial charge in [0.15, 0.2) is 0 Å². The van der Waals surface area contributed by atoms with Gasteiger partial charge in [0, 0.05) is 66.5 Å². The van der Waals surface area contributed by atoms with E-state index in [1.807, 2.05) is 11.8 Å². The minimum atomic E-state index is -1.22. The van der Waals surface area contributed by atoms with Crippen LogP contribution in [0.5, 0.6) is 5.75 Å². The number of fused-ring (bicyclic) bond motifs is 3. The maximum atomic E-state index is 15.6. The summed E-state index contributed by atoms with van der Waals surface area (Å²) in [5, 5.41) is 0.665. The van der Waals surface area contributed by atoms with Gasteiger partial charge in [-0.25, -0.2) is 17.6 Å². The Morgan fingerprint density at radius 2 is 1.83 bits per heavy atom. The fourth-order valence-corrected chi connectivity index (χ4v) is 5.56. The molecule has 0 amide bonds. The van der Waals surface area contributed by atoms with E-state index in [1.165, 1.54) is 31.2 Å². The number of alkyl halides is 2. The summed E-state index contributed by atoms with van der Waals surface area (Å²) in [6.45, 7) is 4.67. The number of hydrogen-bond donors (Lipinski definition) is 1. The summed E-state index contributed by atoms with van der Waals surface area (Å²) in [5.74, 6) is -1.89. The number of aromatic amines is 1. The number of likely N-dealkylation sites (tertiary alicyclic amines) is 1.